The van der Waals surface area contributed by atoms with E-state index in [1.807, 2.05) is 30.3 Å². The number of ether oxygens (including phenoxy) is 1. The summed E-state index contributed by atoms with van der Waals surface area (Å²) in [7, 11) is 0. The second kappa shape index (κ2) is 4.64. The summed E-state index contributed by atoms with van der Waals surface area (Å²) in [5.74, 6) is -5.62. The number of halogens is 2. The minimum absolute atomic E-state index is 0.141. The Hall–Kier alpha value is -2.11. The largest absolute Gasteiger partial charge is 0.434 e. The molecule has 1 unspecified atom stereocenters. The van der Waals surface area contributed by atoms with Crippen molar-refractivity contribution < 1.29 is 18.3 Å². The predicted molar refractivity (Wildman–Crippen MR) is 60.2 cm³/mol. The first-order chi connectivity index (χ1) is 8.51. The Balaban J connectivity index is 1.99. The highest BCUT2D eigenvalue weighted by atomic mass is 19.2. The lowest BCUT2D eigenvalue weighted by atomic mass is 10.1. The molecule has 0 spiro atoms. The lowest BCUT2D eigenvalue weighted by Crippen LogP contribution is -2.49. The lowest BCUT2D eigenvalue weighted by molar-refractivity contribution is -0.162. The molecule has 1 aromatic rings. The average molecular weight is 254 g/mol. The van der Waals surface area contributed by atoms with Crippen molar-refractivity contribution in [2.24, 2.45) is 5.73 Å². The summed E-state index contributed by atoms with van der Waals surface area (Å²) in [5.41, 5.74) is 5.72. The van der Waals surface area contributed by atoms with Gasteiger partial charge in [-0.2, -0.15) is 8.78 Å². The first kappa shape index (κ1) is 12.3. The predicted octanol–water partition coefficient (Wildman–Crippen LogP) is 1.49. The molecule has 1 atom stereocenters. The molecule has 3 N–H and O–H groups in total. The van der Waals surface area contributed by atoms with Crippen molar-refractivity contribution in [1.29, 1.82) is 0 Å². The summed E-state index contributed by atoms with van der Waals surface area (Å²) in [6, 6.07) is 9.26. The van der Waals surface area contributed by atoms with Crippen LogP contribution in [0.25, 0.3) is 0 Å². The molecule has 0 saturated carbocycles. The number of alkyl halides is 1. The number of carbonyl (C=O) groups excluding carboxylic acids is 1. The molecule has 0 aromatic heterocycles. The molecule has 0 radical (unpaired) electrons. The molecular weight excluding hydrogens is 242 g/mol. The van der Waals surface area contributed by atoms with Crippen molar-refractivity contribution in [3.8, 4) is 0 Å². The van der Waals surface area contributed by atoms with Crippen LogP contribution in [0.1, 0.15) is 12.0 Å². The monoisotopic (exact) mass is 254 g/mol. The van der Waals surface area contributed by atoms with E-state index in [0.717, 1.165) is 5.56 Å². The number of primary amides is 1. The van der Waals surface area contributed by atoms with Crippen LogP contribution in [-0.2, 0) is 16.0 Å². The van der Waals surface area contributed by atoms with E-state index in [1.165, 1.54) is 0 Å². The molecule has 96 valence electrons. The maximum absolute atomic E-state index is 13.6. The Morgan fingerprint density at radius 1 is 1.33 bits per heavy atom. The number of allylic oxidation sites excluding steroid dienone is 1. The fraction of sp³-hybridized carbons (Fsp3) is 0.250. The summed E-state index contributed by atoms with van der Waals surface area (Å²) in [4.78, 5) is 10.8. The Bertz CT molecular complexity index is 490. The van der Waals surface area contributed by atoms with Gasteiger partial charge in [-0.15, -0.1) is 0 Å². The fourth-order valence-electron chi connectivity index (χ4n) is 1.63. The molecular formula is C12H12F2N2O2. The van der Waals surface area contributed by atoms with Gasteiger partial charge in [-0.25, -0.2) is 0 Å². The van der Waals surface area contributed by atoms with Crippen LogP contribution in [-0.4, -0.2) is 11.9 Å². The maximum Gasteiger partial charge on any atom is 0.412 e. The second-order valence-corrected chi connectivity index (χ2v) is 3.91. The maximum atomic E-state index is 13.6. The molecule has 1 aliphatic rings. The zero-order valence-electron chi connectivity index (χ0n) is 9.45. The van der Waals surface area contributed by atoms with Crippen molar-refractivity contribution in [1.82, 2.24) is 5.32 Å². The quantitative estimate of drug-likeness (QED) is 0.800. The average Bonchev–Trinajstić information content (AvgIpc) is 2.64. The summed E-state index contributed by atoms with van der Waals surface area (Å²) in [5, 5.41) is 1.67. The normalized spacial score (nSPS) is 22.6. The second-order valence-electron chi connectivity index (χ2n) is 3.91. The van der Waals surface area contributed by atoms with Gasteiger partial charge in [0.1, 0.15) is 0 Å². The zero-order chi connectivity index (χ0) is 13.2. The highest BCUT2D eigenvalue weighted by Gasteiger charge is 2.47. The lowest BCUT2D eigenvalue weighted by Gasteiger charge is -2.16. The molecule has 0 saturated heterocycles. The summed E-state index contributed by atoms with van der Waals surface area (Å²) in [6.07, 6.45) is 0.613. The summed E-state index contributed by atoms with van der Waals surface area (Å²) >= 11 is 0. The molecule has 0 bridgehead atoms. The Morgan fingerprint density at radius 2 is 2.00 bits per heavy atom. The number of nitrogens with two attached hydrogens (primary N) is 1. The van der Waals surface area contributed by atoms with Crippen molar-refractivity contribution in [2.45, 2.75) is 18.8 Å². The van der Waals surface area contributed by atoms with Crippen LogP contribution in [0.15, 0.2) is 42.0 Å². The Kier molecular flexibility index (Phi) is 3.18. The van der Waals surface area contributed by atoms with Gasteiger partial charge >= 0.3 is 11.9 Å². The van der Waals surface area contributed by atoms with E-state index in [1.54, 1.807) is 5.32 Å². The fourth-order valence-corrected chi connectivity index (χ4v) is 1.63. The topological polar surface area (TPSA) is 64.4 Å². The van der Waals surface area contributed by atoms with E-state index in [-0.39, 0.29) is 12.2 Å². The molecule has 2 rings (SSSR count). The van der Waals surface area contributed by atoms with Gasteiger partial charge in [0.15, 0.2) is 5.76 Å². The number of aryl methyl sites for hydroxylation is 1. The van der Waals surface area contributed by atoms with E-state index in [4.69, 9.17) is 5.73 Å². The Labute approximate surface area is 102 Å². The summed E-state index contributed by atoms with van der Waals surface area (Å²) in [6.45, 7) is 0. The van der Waals surface area contributed by atoms with Gasteiger partial charge in [-0.3, -0.25) is 10.1 Å². The van der Waals surface area contributed by atoms with Crippen molar-refractivity contribution in [3.05, 3.63) is 47.6 Å². The van der Waals surface area contributed by atoms with Gasteiger partial charge < -0.3 is 10.5 Å². The van der Waals surface area contributed by atoms with Crippen molar-refractivity contribution in [2.75, 3.05) is 0 Å². The molecule has 1 heterocycles. The van der Waals surface area contributed by atoms with Crippen LogP contribution >= 0.6 is 0 Å². The smallest absolute Gasteiger partial charge is 0.412 e. The van der Waals surface area contributed by atoms with E-state index in [2.05, 4.69) is 4.74 Å². The molecule has 4 nitrogen and oxygen atoms in total. The van der Waals surface area contributed by atoms with E-state index >= 15 is 0 Å². The van der Waals surface area contributed by atoms with Crippen molar-refractivity contribution >= 4 is 5.91 Å². The van der Waals surface area contributed by atoms with Crippen LogP contribution in [0, 0.1) is 0 Å². The van der Waals surface area contributed by atoms with Gasteiger partial charge in [0.25, 0.3) is 0 Å². The Morgan fingerprint density at radius 3 is 2.56 bits per heavy atom. The summed E-state index contributed by atoms with van der Waals surface area (Å²) < 4.78 is 31.5. The van der Waals surface area contributed by atoms with Gasteiger partial charge in [0.2, 0.25) is 5.95 Å². The van der Waals surface area contributed by atoms with Gasteiger partial charge in [0, 0.05) is 6.42 Å². The molecule has 1 aliphatic heterocycles. The third-order valence-electron chi connectivity index (χ3n) is 2.58. The zero-order valence-corrected chi connectivity index (χ0v) is 9.45. The minimum Gasteiger partial charge on any atom is -0.434 e. The van der Waals surface area contributed by atoms with E-state index < -0.39 is 17.8 Å². The minimum atomic E-state index is -2.98. The first-order valence-electron chi connectivity index (χ1n) is 5.40. The van der Waals surface area contributed by atoms with E-state index in [0.29, 0.717) is 6.42 Å². The number of benzene rings is 1. The number of nitrogens with one attached hydrogen (secondary N) is 1. The molecule has 1 aromatic carbocycles. The number of hydrogen-bond acceptors (Lipinski definition) is 3. The number of hydrogen-bond donors (Lipinski definition) is 2. The number of carbonyl (C=O) groups is 1. The molecule has 0 aliphatic carbocycles. The molecule has 0 fully saturated rings. The van der Waals surface area contributed by atoms with Gasteiger partial charge in [-0.1, -0.05) is 30.3 Å². The molecule has 1 amide bonds. The van der Waals surface area contributed by atoms with E-state index in [9.17, 15) is 13.6 Å². The number of amides is 1. The van der Waals surface area contributed by atoms with Crippen LogP contribution in [0.4, 0.5) is 8.78 Å². The standard InChI is InChI=1S/C12H12F2N2O2/c13-10-9(18-12(14,16-10)11(15)17)7-6-8-4-2-1-3-5-8/h1-5,16H,6-7H2,(H2,15,17). The van der Waals surface area contributed by atoms with Gasteiger partial charge in [-0.05, 0) is 12.0 Å². The van der Waals surface area contributed by atoms with Crippen LogP contribution in [0.5, 0.6) is 0 Å². The molecule has 6 heteroatoms. The third-order valence-corrected chi connectivity index (χ3v) is 2.58. The molecule has 18 heavy (non-hydrogen) atoms. The van der Waals surface area contributed by atoms with Crippen LogP contribution in [0.3, 0.4) is 0 Å². The number of rotatable bonds is 4. The van der Waals surface area contributed by atoms with Crippen LogP contribution < -0.4 is 11.1 Å². The van der Waals surface area contributed by atoms with Crippen LogP contribution in [0.2, 0.25) is 0 Å². The first-order valence-corrected chi connectivity index (χ1v) is 5.40. The SMILES string of the molecule is NC(=O)C1(F)NC(F)=C(CCc2ccccc2)O1. The highest BCUT2D eigenvalue weighted by Crippen LogP contribution is 2.29. The highest BCUT2D eigenvalue weighted by molar-refractivity contribution is 5.82. The van der Waals surface area contributed by atoms with Crippen molar-refractivity contribution in [3.63, 3.8) is 0 Å². The third kappa shape index (κ3) is 2.42. The van der Waals surface area contributed by atoms with Gasteiger partial charge in [0.05, 0.1) is 0 Å².